The minimum Gasteiger partial charge on any atom is -0.481 e. The lowest BCUT2D eigenvalue weighted by Gasteiger charge is -2.36. The van der Waals surface area contributed by atoms with E-state index in [2.05, 4.69) is 21.2 Å². The van der Waals surface area contributed by atoms with Crippen LogP contribution in [0.4, 0.5) is 0 Å². The molecule has 0 heterocycles. The van der Waals surface area contributed by atoms with Gasteiger partial charge in [-0.15, -0.1) is 0 Å². The fourth-order valence-corrected chi connectivity index (χ4v) is 4.02. The lowest BCUT2D eigenvalue weighted by atomic mass is 9.68. The molecule has 2 aliphatic rings. The Labute approximate surface area is 144 Å². The van der Waals surface area contributed by atoms with Gasteiger partial charge in [-0.25, -0.2) is 0 Å². The summed E-state index contributed by atoms with van der Waals surface area (Å²) in [4.78, 5) is 24.3. The molecule has 0 radical (unpaired) electrons. The molecule has 2 aliphatic carbocycles. The molecule has 3 rings (SSSR count). The summed E-state index contributed by atoms with van der Waals surface area (Å²) < 4.78 is 0.969. The molecule has 0 aliphatic heterocycles. The number of carboxylic acid groups (broad SMARTS) is 1. The number of rotatable bonds is 5. The average molecular weight is 380 g/mol. The van der Waals surface area contributed by atoms with E-state index in [0.29, 0.717) is 12.8 Å². The topological polar surface area (TPSA) is 66.4 Å². The minimum atomic E-state index is -0.794. The van der Waals surface area contributed by atoms with Gasteiger partial charge in [0.2, 0.25) is 5.91 Å². The van der Waals surface area contributed by atoms with Crippen LogP contribution in [0.15, 0.2) is 28.7 Å². The van der Waals surface area contributed by atoms with Crippen molar-refractivity contribution in [1.82, 2.24) is 5.32 Å². The normalized spacial score (nSPS) is 21.4. The lowest BCUT2D eigenvalue weighted by molar-refractivity contribution is -0.143. The van der Waals surface area contributed by atoms with Crippen molar-refractivity contribution in [2.45, 2.75) is 50.4 Å². The second kappa shape index (κ2) is 6.27. The highest BCUT2D eigenvalue weighted by Gasteiger charge is 2.51. The molecular weight excluding hydrogens is 358 g/mol. The Morgan fingerprint density at radius 2 is 1.83 bits per heavy atom. The van der Waals surface area contributed by atoms with Gasteiger partial charge in [-0.1, -0.05) is 47.3 Å². The third-order valence-electron chi connectivity index (χ3n) is 5.41. The number of carbonyl (C=O) groups is 2. The largest absolute Gasteiger partial charge is 0.481 e. The van der Waals surface area contributed by atoms with Gasteiger partial charge in [-0.3, -0.25) is 9.59 Å². The minimum absolute atomic E-state index is 0.0113. The first-order valence-corrected chi connectivity index (χ1v) is 9.06. The van der Waals surface area contributed by atoms with Crippen molar-refractivity contribution in [3.63, 3.8) is 0 Å². The molecule has 23 heavy (non-hydrogen) atoms. The zero-order valence-corrected chi connectivity index (χ0v) is 14.7. The molecule has 2 saturated carbocycles. The third kappa shape index (κ3) is 3.16. The van der Waals surface area contributed by atoms with Crippen LogP contribution in [-0.2, 0) is 15.0 Å². The standard InChI is InChI=1S/C18H22BrNO3/c19-14-6-4-5-13(11-14)18(7-2-1-3-8-18)15(21)20-12-17(9-10-17)16(22)23/h4-6,11H,1-3,7-10,12H2,(H,20,21)(H,22,23). The van der Waals surface area contributed by atoms with E-state index in [9.17, 15) is 14.7 Å². The number of nitrogens with one attached hydrogen (secondary N) is 1. The summed E-state index contributed by atoms with van der Waals surface area (Å²) in [6.07, 6.45) is 6.19. The molecule has 2 N–H and O–H groups in total. The van der Waals surface area contributed by atoms with E-state index in [1.54, 1.807) is 0 Å². The summed E-state index contributed by atoms with van der Waals surface area (Å²) in [5.41, 5.74) is -0.205. The molecule has 0 unspecified atom stereocenters. The second-order valence-corrected chi connectivity index (χ2v) is 7.84. The van der Waals surface area contributed by atoms with Gasteiger partial charge >= 0.3 is 5.97 Å². The summed E-state index contributed by atoms with van der Waals surface area (Å²) in [6.45, 7) is 0.247. The molecule has 0 atom stereocenters. The smallest absolute Gasteiger partial charge is 0.311 e. The Balaban J connectivity index is 1.81. The van der Waals surface area contributed by atoms with Crippen molar-refractivity contribution in [1.29, 1.82) is 0 Å². The van der Waals surface area contributed by atoms with Crippen LogP contribution in [0.2, 0.25) is 0 Å². The van der Waals surface area contributed by atoms with E-state index in [1.165, 1.54) is 0 Å². The Hall–Kier alpha value is -1.36. The SMILES string of the molecule is O=C(O)C1(CNC(=O)C2(c3cccc(Br)c3)CCCCC2)CC1. The highest BCUT2D eigenvalue weighted by atomic mass is 79.9. The molecular formula is C18H22BrNO3. The van der Waals surface area contributed by atoms with Crippen LogP contribution in [0.3, 0.4) is 0 Å². The zero-order valence-electron chi connectivity index (χ0n) is 13.1. The molecule has 5 heteroatoms. The van der Waals surface area contributed by atoms with Gasteiger partial charge in [0.15, 0.2) is 0 Å². The van der Waals surface area contributed by atoms with Crippen LogP contribution in [0.5, 0.6) is 0 Å². The zero-order chi connectivity index (χ0) is 16.5. The van der Waals surface area contributed by atoms with Crippen LogP contribution in [0.25, 0.3) is 0 Å². The molecule has 0 saturated heterocycles. The summed E-state index contributed by atoms with van der Waals surface area (Å²) in [7, 11) is 0. The molecule has 0 aromatic heterocycles. The van der Waals surface area contributed by atoms with Crippen molar-refractivity contribution < 1.29 is 14.7 Å². The van der Waals surface area contributed by atoms with Gasteiger partial charge in [0.25, 0.3) is 0 Å². The van der Waals surface area contributed by atoms with E-state index < -0.39 is 16.8 Å². The van der Waals surface area contributed by atoms with Gasteiger partial charge in [0.05, 0.1) is 10.8 Å². The average Bonchev–Trinajstić information content (AvgIpc) is 3.34. The number of aliphatic carboxylic acids is 1. The van der Waals surface area contributed by atoms with Crippen LogP contribution in [-0.4, -0.2) is 23.5 Å². The quantitative estimate of drug-likeness (QED) is 0.820. The van der Waals surface area contributed by atoms with Gasteiger partial charge in [-0.05, 0) is 43.4 Å². The summed E-state index contributed by atoms with van der Waals surface area (Å²) >= 11 is 3.49. The first-order chi connectivity index (χ1) is 11.0. The highest BCUT2D eigenvalue weighted by molar-refractivity contribution is 9.10. The Kier molecular flexibility index (Phi) is 4.50. The Morgan fingerprint density at radius 3 is 2.39 bits per heavy atom. The van der Waals surface area contributed by atoms with E-state index in [4.69, 9.17) is 0 Å². The maximum absolute atomic E-state index is 13.0. The first kappa shape index (κ1) is 16.5. The summed E-state index contributed by atoms with van der Waals surface area (Å²) in [5.74, 6) is -0.805. The maximum Gasteiger partial charge on any atom is 0.311 e. The van der Waals surface area contributed by atoms with Crippen LogP contribution in [0, 0.1) is 5.41 Å². The van der Waals surface area contributed by atoms with Gasteiger partial charge < -0.3 is 10.4 Å². The number of benzene rings is 1. The Morgan fingerprint density at radius 1 is 1.13 bits per heavy atom. The Bertz CT molecular complexity index is 618. The van der Waals surface area contributed by atoms with E-state index >= 15 is 0 Å². The molecule has 0 bridgehead atoms. The van der Waals surface area contributed by atoms with E-state index in [0.717, 1.165) is 42.1 Å². The molecule has 124 valence electrons. The van der Waals surface area contributed by atoms with Crippen LogP contribution in [0.1, 0.15) is 50.5 Å². The van der Waals surface area contributed by atoms with Gasteiger partial charge in [0.1, 0.15) is 0 Å². The number of hydrogen-bond donors (Lipinski definition) is 2. The molecule has 2 fully saturated rings. The monoisotopic (exact) mass is 379 g/mol. The number of amides is 1. The van der Waals surface area contributed by atoms with Crippen molar-refractivity contribution in [2.75, 3.05) is 6.54 Å². The van der Waals surface area contributed by atoms with E-state index in [-0.39, 0.29) is 12.5 Å². The van der Waals surface area contributed by atoms with Crippen LogP contribution >= 0.6 is 15.9 Å². The highest BCUT2D eigenvalue weighted by Crippen LogP contribution is 2.46. The second-order valence-electron chi connectivity index (χ2n) is 6.92. The fraction of sp³-hybridized carbons (Fsp3) is 0.556. The van der Waals surface area contributed by atoms with Crippen molar-refractivity contribution in [2.24, 2.45) is 5.41 Å². The predicted octanol–water partition coefficient (Wildman–Crippen LogP) is 3.63. The molecule has 1 amide bonds. The third-order valence-corrected chi connectivity index (χ3v) is 5.91. The number of carbonyl (C=O) groups excluding carboxylic acids is 1. The molecule has 4 nitrogen and oxygen atoms in total. The summed E-state index contributed by atoms with van der Waals surface area (Å²) in [5, 5.41) is 12.2. The maximum atomic E-state index is 13.0. The lowest BCUT2D eigenvalue weighted by Crippen LogP contribution is -2.48. The molecule has 1 aromatic carbocycles. The molecule has 1 aromatic rings. The van der Waals surface area contributed by atoms with Crippen molar-refractivity contribution in [3.8, 4) is 0 Å². The predicted molar refractivity (Wildman–Crippen MR) is 91.2 cm³/mol. The number of hydrogen-bond acceptors (Lipinski definition) is 2. The van der Waals surface area contributed by atoms with Gasteiger partial charge in [-0.2, -0.15) is 0 Å². The first-order valence-electron chi connectivity index (χ1n) is 8.26. The van der Waals surface area contributed by atoms with Crippen molar-refractivity contribution in [3.05, 3.63) is 34.3 Å². The van der Waals surface area contributed by atoms with E-state index in [1.807, 2.05) is 24.3 Å². The molecule has 0 spiro atoms. The van der Waals surface area contributed by atoms with Crippen LogP contribution < -0.4 is 5.32 Å². The van der Waals surface area contributed by atoms with Crippen molar-refractivity contribution >= 4 is 27.8 Å². The number of carboxylic acids is 1. The fourth-order valence-electron chi connectivity index (χ4n) is 3.62. The number of halogens is 1. The van der Waals surface area contributed by atoms with Gasteiger partial charge in [0, 0.05) is 11.0 Å². The summed E-state index contributed by atoms with van der Waals surface area (Å²) in [6, 6.07) is 7.96.